The van der Waals surface area contributed by atoms with Gasteiger partial charge in [0.05, 0.1) is 11.6 Å². The summed E-state index contributed by atoms with van der Waals surface area (Å²) in [7, 11) is 0. The van der Waals surface area contributed by atoms with Gasteiger partial charge in [0.2, 0.25) is 0 Å². The molecule has 2 N–H and O–H groups in total. The van der Waals surface area contributed by atoms with E-state index in [4.69, 9.17) is 10.00 Å². The van der Waals surface area contributed by atoms with E-state index in [1.54, 1.807) is 24.3 Å². The van der Waals surface area contributed by atoms with Crippen molar-refractivity contribution in [3.8, 4) is 11.8 Å². The van der Waals surface area contributed by atoms with E-state index in [1.807, 2.05) is 6.07 Å². The van der Waals surface area contributed by atoms with Gasteiger partial charge in [-0.1, -0.05) is 0 Å². The molecule has 0 radical (unpaired) electrons. The van der Waals surface area contributed by atoms with Crippen molar-refractivity contribution in [2.75, 3.05) is 6.61 Å². The summed E-state index contributed by atoms with van der Waals surface area (Å²) in [6.45, 7) is -0.261. The molecule has 0 saturated heterocycles. The molecule has 1 heterocycles. The van der Waals surface area contributed by atoms with Crippen molar-refractivity contribution >= 4 is 11.8 Å². The zero-order chi connectivity index (χ0) is 15.8. The number of nitriles is 1. The molecule has 0 aliphatic heterocycles. The molecule has 1 aromatic carbocycles. The number of ether oxygens (including phenoxy) is 1. The van der Waals surface area contributed by atoms with E-state index in [1.165, 1.54) is 24.5 Å². The molecule has 0 unspecified atom stereocenters. The molecule has 110 valence electrons. The molecule has 0 bridgehead atoms. The number of carbonyl (C=O) groups excluding carboxylic acids is 2. The minimum Gasteiger partial charge on any atom is -0.484 e. The van der Waals surface area contributed by atoms with Crippen LogP contribution in [0.4, 0.5) is 0 Å². The number of nitrogens with zero attached hydrogens (tertiary/aromatic N) is 2. The van der Waals surface area contributed by atoms with Gasteiger partial charge in [-0.05, 0) is 36.4 Å². The van der Waals surface area contributed by atoms with E-state index in [0.717, 1.165) is 0 Å². The summed E-state index contributed by atoms with van der Waals surface area (Å²) >= 11 is 0. The van der Waals surface area contributed by atoms with Crippen LogP contribution in [-0.2, 0) is 4.79 Å². The first-order valence-electron chi connectivity index (χ1n) is 6.31. The van der Waals surface area contributed by atoms with Crippen LogP contribution in [0.3, 0.4) is 0 Å². The minimum absolute atomic E-state index is 0.261. The molecule has 2 aromatic rings. The number of amides is 2. The third kappa shape index (κ3) is 4.31. The van der Waals surface area contributed by atoms with Gasteiger partial charge in [0, 0.05) is 18.0 Å². The highest BCUT2D eigenvalue weighted by Crippen LogP contribution is 2.11. The summed E-state index contributed by atoms with van der Waals surface area (Å²) in [4.78, 5) is 27.0. The average molecular weight is 296 g/mol. The van der Waals surface area contributed by atoms with Crippen LogP contribution < -0.4 is 15.6 Å². The fourth-order valence-corrected chi connectivity index (χ4v) is 1.51. The number of hydrogen-bond acceptors (Lipinski definition) is 5. The van der Waals surface area contributed by atoms with Crippen molar-refractivity contribution in [3.05, 3.63) is 59.9 Å². The lowest BCUT2D eigenvalue weighted by atomic mass is 10.2. The lowest BCUT2D eigenvalue weighted by Gasteiger charge is -2.08. The van der Waals surface area contributed by atoms with Gasteiger partial charge in [0.25, 0.3) is 11.8 Å². The number of benzene rings is 1. The largest absolute Gasteiger partial charge is 0.484 e. The van der Waals surface area contributed by atoms with Crippen LogP contribution in [0.25, 0.3) is 0 Å². The molecule has 0 fully saturated rings. The number of carbonyl (C=O) groups is 2. The van der Waals surface area contributed by atoms with E-state index >= 15 is 0 Å². The van der Waals surface area contributed by atoms with Crippen molar-refractivity contribution in [3.63, 3.8) is 0 Å². The van der Waals surface area contributed by atoms with Crippen molar-refractivity contribution in [1.29, 1.82) is 5.26 Å². The predicted octanol–water partition coefficient (Wildman–Crippen LogP) is 0.793. The Bertz CT molecular complexity index is 693. The molecule has 0 atom stereocenters. The molecular weight excluding hydrogens is 284 g/mol. The second-order valence-corrected chi connectivity index (χ2v) is 4.16. The Hall–Kier alpha value is -3.40. The van der Waals surface area contributed by atoms with Gasteiger partial charge >= 0.3 is 0 Å². The second-order valence-electron chi connectivity index (χ2n) is 4.16. The smallest absolute Gasteiger partial charge is 0.276 e. The maximum Gasteiger partial charge on any atom is 0.276 e. The maximum atomic E-state index is 11.7. The minimum atomic E-state index is -0.508. The summed E-state index contributed by atoms with van der Waals surface area (Å²) in [5.74, 6) is -0.504. The quantitative estimate of drug-likeness (QED) is 0.812. The number of nitrogens with one attached hydrogen (secondary N) is 2. The lowest BCUT2D eigenvalue weighted by molar-refractivity contribution is -0.123. The fraction of sp³-hybridized carbons (Fsp3) is 0.0667. The maximum absolute atomic E-state index is 11.7. The standard InChI is InChI=1S/C15H12N4O3/c16-9-11-1-3-13(4-2-11)22-10-14(20)18-19-15(21)12-5-7-17-8-6-12/h1-8H,10H2,(H,18,20)(H,19,21). The van der Waals surface area contributed by atoms with E-state index < -0.39 is 11.8 Å². The first-order valence-corrected chi connectivity index (χ1v) is 6.31. The third-order valence-corrected chi connectivity index (χ3v) is 2.61. The van der Waals surface area contributed by atoms with Crippen molar-refractivity contribution < 1.29 is 14.3 Å². The summed E-state index contributed by atoms with van der Waals surface area (Å²) in [6.07, 6.45) is 2.95. The number of pyridine rings is 1. The van der Waals surface area contributed by atoms with Gasteiger partial charge in [-0.2, -0.15) is 5.26 Å². The molecule has 1 aromatic heterocycles. The summed E-state index contributed by atoms with van der Waals surface area (Å²) < 4.78 is 5.22. The number of rotatable bonds is 4. The number of aromatic nitrogens is 1. The van der Waals surface area contributed by atoms with Crippen molar-refractivity contribution in [2.24, 2.45) is 0 Å². The highest BCUT2D eigenvalue weighted by molar-refractivity contribution is 5.95. The average Bonchev–Trinajstić information content (AvgIpc) is 2.59. The Morgan fingerprint density at radius 2 is 1.77 bits per heavy atom. The molecule has 0 aliphatic carbocycles. The van der Waals surface area contributed by atoms with Gasteiger partial charge in [-0.25, -0.2) is 0 Å². The Kier molecular flexibility index (Phi) is 5.04. The summed E-state index contributed by atoms with van der Waals surface area (Å²) in [5, 5.41) is 8.66. The van der Waals surface area contributed by atoms with Crippen LogP contribution in [0.5, 0.6) is 5.75 Å². The molecule has 7 nitrogen and oxygen atoms in total. The SMILES string of the molecule is N#Cc1ccc(OCC(=O)NNC(=O)c2ccncc2)cc1. The van der Waals surface area contributed by atoms with Crippen LogP contribution in [-0.4, -0.2) is 23.4 Å². The van der Waals surface area contributed by atoms with Crippen molar-refractivity contribution in [1.82, 2.24) is 15.8 Å². The number of hydrogen-bond donors (Lipinski definition) is 2. The highest BCUT2D eigenvalue weighted by Gasteiger charge is 2.07. The van der Waals surface area contributed by atoms with Gasteiger partial charge in [0.15, 0.2) is 6.61 Å². The first-order chi connectivity index (χ1) is 10.7. The molecular formula is C15H12N4O3. The number of hydrazine groups is 1. The Morgan fingerprint density at radius 3 is 2.41 bits per heavy atom. The fourth-order valence-electron chi connectivity index (χ4n) is 1.51. The molecule has 7 heteroatoms. The lowest BCUT2D eigenvalue weighted by Crippen LogP contribution is -2.43. The summed E-state index contributed by atoms with van der Waals surface area (Å²) in [5.41, 5.74) is 5.38. The molecule has 2 rings (SSSR count). The van der Waals surface area contributed by atoms with Gasteiger partial charge in [-0.15, -0.1) is 0 Å². The first kappa shape index (κ1) is 15.0. The highest BCUT2D eigenvalue weighted by atomic mass is 16.5. The topological polar surface area (TPSA) is 104 Å². The van der Waals surface area contributed by atoms with Gasteiger partial charge in [-0.3, -0.25) is 25.4 Å². The van der Waals surface area contributed by atoms with Crippen LogP contribution in [0.15, 0.2) is 48.8 Å². The molecule has 2 amide bonds. The summed E-state index contributed by atoms with van der Waals surface area (Å²) in [6, 6.07) is 11.4. The molecule has 0 spiro atoms. The van der Waals surface area contributed by atoms with E-state index in [2.05, 4.69) is 15.8 Å². The molecule has 0 aliphatic rings. The van der Waals surface area contributed by atoms with E-state index in [0.29, 0.717) is 16.9 Å². The normalized spacial score (nSPS) is 9.41. The predicted molar refractivity (Wildman–Crippen MR) is 76.5 cm³/mol. The van der Waals surface area contributed by atoms with E-state index in [9.17, 15) is 9.59 Å². The van der Waals surface area contributed by atoms with Crippen LogP contribution in [0, 0.1) is 11.3 Å². The molecule has 22 heavy (non-hydrogen) atoms. The Labute approximate surface area is 126 Å². The van der Waals surface area contributed by atoms with Gasteiger partial charge in [0.1, 0.15) is 5.75 Å². The van der Waals surface area contributed by atoms with Crippen molar-refractivity contribution in [2.45, 2.75) is 0 Å². The monoisotopic (exact) mass is 296 g/mol. The van der Waals surface area contributed by atoms with Gasteiger partial charge < -0.3 is 4.74 Å². The van der Waals surface area contributed by atoms with Crippen LogP contribution in [0.1, 0.15) is 15.9 Å². The third-order valence-electron chi connectivity index (χ3n) is 2.61. The second kappa shape index (κ2) is 7.40. The molecule has 0 saturated carbocycles. The van der Waals surface area contributed by atoms with Crippen LogP contribution >= 0.6 is 0 Å². The Balaban J connectivity index is 1.76. The zero-order valence-corrected chi connectivity index (χ0v) is 11.4. The zero-order valence-electron chi connectivity index (χ0n) is 11.4. The Morgan fingerprint density at radius 1 is 1.09 bits per heavy atom. The van der Waals surface area contributed by atoms with E-state index in [-0.39, 0.29) is 6.61 Å². The van der Waals surface area contributed by atoms with Crippen LogP contribution in [0.2, 0.25) is 0 Å².